The lowest BCUT2D eigenvalue weighted by molar-refractivity contribution is -0.121. The molecule has 0 aromatic heterocycles. The molecule has 2 aromatic rings. The van der Waals surface area contributed by atoms with Gasteiger partial charge in [0, 0.05) is 12.8 Å². The average Bonchev–Trinajstić information content (AvgIpc) is 2.54. The molecule has 2 rings (SSSR count). The van der Waals surface area contributed by atoms with Crippen LogP contribution in [-0.4, -0.2) is 11.2 Å². The minimum absolute atomic E-state index is 0.194. The summed E-state index contributed by atoms with van der Waals surface area (Å²) >= 11 is 0. The van der Waals surface area contributed by atoms with Crippen LogP contribution in [0.5, 0.6) is 0 Å². The van der Waals surface area contributed by atoms with E-state index in [9.17, 15) is 0 Å². The van der Waals surface area contributed by atoms with Gasteiger partial charge >= 0.3 is 0 Å². The van der Waals surface area contributed by atoms with Crippen LogP contribution in [0, 0.1) is 0 Å². The highest BCUT2D eigenvalue weighted by molar-refractivity contribution is 5.25. The van der Waals surface area contributed by atoms with E-state index in [1.54, 1.807) is 0 Å². The van der Waals surface area contributed by atoms with E-state index in [4.69, 9.17) is 4.74 Å². The number of hydrogen-bond acceptors (Lipinski definition) is 1. The highest BCUT2D eigenvalue weighted by Crippen LogP contribution is 2.27. The minimum Gasteiger partial charge on any atom is -0.369 e. The molecule has 0 aliphatic carbocycles. The van der Waals surface area contributed by atoms with E-state index in [1.807, 2.05) is 0 Å². The molecular formula is C24H34O. The molecule has 0 bridgehead atoms. The van der Waals surface area contributed by atoms with Crippen molar-refractivity contribution in [3.05, 3.63) is 70.8 Å². The van der Waals surface area contributed by atoms with Crippen LogP contribution in [0.3, 0.4) is 0 Å². The summed E-state index contributed by atoms with van der Waals surface area (Å²) in [5.41, 5.74) is 5.06. The molecule has 0 heterocycles. The van der Waals surface area contributed by atoms with Crippen LogP contribution in [0.2, 0.25) is 0 Å². The van der Waals surface area contributed by atoms with E-state index in [0.29, 0.717) is 0 Å². The number of aryl methyl sites for hydroxylation is 2. The lowest BCUT2D eigenvalue weighted by atomic mass is 9.93. The zero-order chi connectivity index (χ0) is 18.5. The van der Waals surface area contributed by atoms with E-state index in [1.165, 1.54) is 22.3 Å². The molecule has 25 heavy (non-hydrogen) atoms. The maximum atomic E-state index is 6.55. The summed E-state index contributed by atoms with van der Waals surface area (Å²) in [7, 11) is 0. The van der Waals surface area contributed by atoms with Crippen molar-refractivity contribution in [2.45, 2.75) is 78.4 Å². The third-order valence-corrected chi connectivity index (χ3v) is 4.67. The Morgan fingerprint density at radius 3 is 1.12 bits per heavy atom. The lowest BCUT2D eigenvalue weighted by Crippen LogP contribution is -2.40. The van der Waals surface area contributed by atoms with Crippen LogP contribution < -0.4 is 0 Å². The number of ether oxygens (including phenoxy) is 1. The Labute approximate surface area is 154 Å². The van der Waals surface area contributed by atoms with E-state index in [-0.39, 0.29) is 11.2 Å². The van der Waals surface area contributed by atoms with Gasteiger partial charge in [0.05, 0.1) is 11.2 Å². The van der Waals surface area contributed by atoms with Crippen molar-refractivity contribution in [1.29, 1.82) is 0 Å². The first-order valence-electron chi connectivity index (χ1n) is 9.59. The fraction of sp³-hybridized carbons (Fsp3) is 0.500. The van der Waals surface area contributed by atoms with Crippen LogP contribution in [0.15, 0.2) is 48.5 Å². The van der Waals surface area contributed by atoms with Gasteiger partial charge in [0.25, 0.3) is 0 Å². The summed E-state index contributed by atoms with van der Waals surface area (Å²) < 4.78 is 6.55. The number of hydrogen-bond donors (Lipinski definition) is 0. The van der Waals surface area contributed by atoms with Gasteiger partial charge in [-0.15, -0.1) is 0 Å². The van der Waals surface area contributed by atoms with Gasteiger partial charge in [-0.05, 0) is 62.8 Å². The third-order valence-electron chi connectivity index (χ3n) is 4.67. The first kappa shape index (κ1) is 19.7. The van der Waals surface area contributed by atoms with Crippen LogP contribution in [0.1, 0.15) is 63.8 Å². The molecule has 0 atom stereocenters. The molecule has 0 unspecified atom stereocenters. The Balaban J connectivity index is 2.00. The Hall–Kier alpha value is -1.60. The summed E-state index contributed by atoms with van der Waals surface area (Å²) in [6.45, 7) is 13.2. The molecule has 0 amide bonds. The summed E-state index contributed by atoms with van der Waals surface area (Å²) in [5, 5.41) is 0. The zero-order valence-electron chi connectivity index (χ0n) is 16.9. The molecule has 2 aromatic carbocycles. The van der Waals surface area contributed by atoms with E-state index in [2.05, 4.69) is 90.1 Å². The first-order valence-corrected chi connectivity index (χ1v) is 9.59. The van der Waals surface area contributed by atoms with Crippen LogP contribution in [0.4, 0.5) is 0 Å². The highest BCUT2D eigenvalue weighted by atomic mass is 16.5. The predicted molar refractivity (Wildman–Crippen MR) is 108 cm³/mol. The molecule has 0 N–H and O–H groups in total. The summed E-state index contributed by atoms with van der Waals surface area (Å²) in [5.74, 6) is 0. The summed E-state index contributed by atoms with van der Waals surface area (Å²) in [6.07, 6.45) is 4.03. The second-order valence-electron chi connectivity index (χ2n) is 8.32. The third kappa shape index (κ3) is 6.32. The van der Waals surface area contributed by atoms with E-state index in [0.717, 1.165) is 25.7 Å². The molecule has 0 radical (unpaired) electrons. The second kappa shape index (κ2) is 8.19. The summed E-state index contributed by atoms with van der Waals surface area (Å²) in [4.78, 5) is 0. The van der Waals surface area contributed by atoms with E-state index < -0.39 is 0 Å². The molecule has 0 aliphatic heterocycles. The van der Waals surface area contributed by atoms with Gasteiger partial charge in [0.1, 0.15) is 0 Å². The zero-order valence-corrected chi connectivity index (χ0v) is 16.9. The molecule has 1 nitrogen and oxygen atoms in total. The molecule has 1 heteroatoms. The maximum Gasteiger partial charge on any atom is 0.0674 e. The summed E-state index contributed by atoms with van der Waals surface area (Å²) in [6, 6.07) is 17.9. The molecule has 0 fully saturated rings. The van der Waals surface area contributed by atoms with Crippen molar-refractivity contribution in [3.63, 3.8) is 0 Å². The average molecular weight is 339 g/mol. The maximum absolute atomic E-state index is 6.55. The van der Waals surface area contributed by atoms with Crippen molar-refractivity contribution in [2.75, 3.05) is 0 Å². The largest absolute Gasteiger partial charge is 0.369 e. The smallest absolute Gasteiger partial charge is 0.0674 e. The van der Waals surface area contributed by atoms with Crippen molar-refractivity contribution < 1.29 is 4.74 Å². The van der Waals surface area contributed by atoms with Gasteiger partial charge in [-0.25, -0.2) is 0 Å². The Bertz CT molecular complexity index is 588. The van der Waals surface area contributed by atoms with Gasteiger partial charge in [0.2, 0.25) is 0 Å². The fourth-order valence-electron chi connectivity index (χ4n) is 3.59. The fourth-order valence-corrected chi connectivity index (χ4v) is 3.59. The molecule has 0 aliphatic rings. The quantitative estimate of drug-likeness (QED) is 0.559. The van der Waals surface area contributed by atoms with Crippen molar-refractivity contribution in [1.82, 2.24) is 0 Å². The van der Waals surface area contributed by atoms with Crippen LogP contribution >= 0.6 is 0 Å². The van der Waals surface area contributed by atoms with Crippen molar-refractivity contribution in [2.24, 2.45) is 0 Å². The normalized spacial score (nSPS) is 12.4. The monoisotopic (exact) mass is 338 g/mol. The van der Waals surface area contributed by atoms with Gasteiger partial charge in [-0.1, -0.05) is 62.4 Å². The Kier molecular flexibility index (Phi) is 6.46. The molecule has 0 saturated heterocycles. The molecular weight excluding hydrogens is 304 g/mol. The highest BCUT2D eigenvalue weighted by Gasteiger charge is 2.29. The lowest BCUT2D eigenvalue weighted by Gasteiger charge is -2.36. The van der Waals surface area contributed by atoms with Crippen LogP contribution in [-0.2, 0) is 30.4 Å². The van der Waals surface area contributed by atoms with Gasteiger partial charge in [-0.2, -0.15) is 0 Å². The van der Waals surface area contributed by atoms with Gasteiger partial charge < -0.3 is 4.74 Å². The topological polar surface area (TPSA) is 9.23 Å². The number of rotatable bonds is 8. The number of benzene rings is 2. The Morgan fingerprint density at radius 1 is 0.560 bits per heavy atom. The SMILES string of the molecule is CCc1ccc(CC(C)(C)OC(C)(C)Cc2ccc(CC)cc2)cc1. The van der Waals surface area contributed by atoms with E-state index >= 15 is 0 Å². The van der Waals surface area contributed by atoms with Crippen molar-refractivity contribution in [3.8, 4) is 0 Å². The molecule has 0 spiro atoms. The predicted octanol–water partition coefficient (Wildman–Crippen LogP) is 6.17. The second-order valence-corrected chi connectivity index (χ2v) is 8.32. The Morgan fingerprint density at radius 2 is 0.840 bits per heavy atom. The van der Waals surface area contributed by atoms with Gasteiger partial charge in [0.15, 0.2) is 0 Å². The van der Waals surface area contributed by atoms with Crippen LogP contribution in [0.25, 0.3) is 0 Å². The molecule has 136 valence electrons. The van der Waals surface area contributed by atoms with Gasteiger partial charge in [-0.3, -0.25) is 0 Å². The molecule has 0 saturated carbocycles. The first-order chi connectivity index (χ1) is 11.7. The minimum atomic E-state index is -0.194. The van der Waals surface area contributed by atoms with Crippen molar-refractivity contribution >= 4 is 0 Å². The standard InChI is InChI=1S/C24H34O/c1-7-19-9-13-21(14-10-19)17-23(3,4)25-24(5,6)18-22-15-11-20(8-2)12-16-22/h9-16H,7-8,17-18H2,1-6H3.